The minimum atomic E-state index is -4.09. The van der Waals surface area contributed by atoms with Gasteiger partial charge in [0.05, 0.1) is 21.6 Å². The molecule has 32 heavy (non-hydrogen) atoms. The van der Waals surface area contributed by atoms with E-state index < -0.39 is 45.0 Å². The molecule has 0 unspecified atom stereocenters. The zero-order chi connectivity index (χ0) is 23.5. The van der Waals surface area contributed by atoms with Crippen LogP contribution in [0.15, 0.2) is 33.7 Å². The number of nitrogens with one attached hydrogen (secondary N) is 1. The molecule has 0 aliphatic carbocycles. The lowest BCUT2D eigenvalue weighted by atomic mass is 9.98. The average Bonchev–Trinajstić information content (AvgIpc) is 3.16. The molecular weight excluding hydrogens is 468 g/mol. The number of ether oxygens (including phenoxy) is 1. The first-order valence-corrected chi connectivity index (χ1v) is 11.2. The molecular formula is C18H19ClN4O8S. The third-order valence-electron chi connectivity index (χ3n) is 4.77. The molecule has 0 radical (unpaired) electrons. The number of nitro benzene ring substituents is 1. The van der Waals surface area contributed by atoms with Crippen molar-refractivity contribution >= 4 is 45.1 Å². The van der Waals surface area contributed by atoms with Crippen molar-refractivity contribution in [3.63, 3.8) is 0 Å². The third kappa shape index (κ3) is 5.41. The van der Waals surface area contributed by atoms with Crippen molar-refractivity contribution in [3.05, 3.63) is 45.1 Å². The van der Waals surface area contributed by atoms with Crippen LogP contribution in [0.5, 0.6) is 0 Å². The fourth-order valence-electron chi connectivity index (χ4n) is 3.12. The molecule has 1 fully saturated rings. The molecule has 3 rings (SSSR count). The van der Waals surface area contributed by atoms with Crippen LogP contribution in [0.1, 0.15) is 18.5 Å². The Balaban J connectivity index is 1.55. The molecule has 1 aromatic carbocycles. The number of nitro groups is 1. The predicted molar refractivity (Wildman–Crippen MR) is 110 cm³/mol. The van der Waals surface area contributed by atoms with Crippen molar-refractivity contribution in [2.45, 2.75) is 24.7 Å². The molecule has 0 atom stereocenters. The van der Waals surface area contributed by atoms with E-state index in [0.29, 0.717) is 5.69 Å². The Morgan fingerprint density at radius 2 is 2.03 bits per heavy atom. The van der Waals surface area contributed by atoms with Gasteiger partial charge in [0, 0.05) is 31.3 Å². The van der Waals surface area contributed by atoms with Gasteiger partial charge < -0.3 is 9.26 Å². The van der Waals surface area contributed by atoms with Gasteiger partial charge in [-0.15, -0.1) is 0 Å². The molecule has 0 saturated carbocycles. The Morgan fingerprint density at radius 1 is 1.34 bits per heavy atom. The number of rotatable bonds is 7. The number of amides is 1. The van der Waals surface area contributed by atoms with E-state index in [0.717, 1.165) is 22.5 Å². The van der Waals surface area contributed by atoms with Crippen LogP contribution >= 0.6 is 11.6 Å². The maximum Gasteiger partial charge on any atom is 0.309 e. The number of hydrogen-bond donors (Lipinski definition) is 1. The summed E-state index contributed by atoms with van der Waals surface area (Å²) < 4.78 is 36.7. The van der Waals surface area contributed by atoms with Crippen LogP contribution in [0.3, 0.4) is 0 Å². The molecule has 2 aromatic rings. The Kier molecular flexibility index (Phi) is 7.11. The summed E-state index contributed by atoms with van der Waals surface area (Å²) in [4.78, 5) is 34.0. The van der Waals surface area contributed by atoms with Crippen LogP contribution in [0.2, 0.25) is 5.02 Å². The largest absolute Gasteiger partial charge is 0.455 e. The average molecular weight is 487 g/mol. The standard InChI is InChI=1S/C18H19ClN4O8S/c1-11-8-17(31-21-11)20-16(24)10-30-18(25)12-4-6-22(7-5-12)32(28,29)15-9-13(23(26)27)2-3-14(15)19/h2-3,8-9,12H,4-7,10H2,1H3,(H,20,24). The Bertz CT molecular complexity index is 1140. The Morgan fingerprint density at radius 3 is 2.62 bits per heavy atom. The van der Waals surface area contributed by atoms with Gasteiger partial charge >= 0.3 is 5.97 Å². The van der Waals surface area contributed by atoms with E-state index in [-0.39, 0.29) is 41.7 Å². The number of carbonyl (C=O) groups is 2. The van der Waals surface area contributed by atoms with Crippen molar-refractivity contribution < 1.29 is 32.2 Å². The summed E-state index contributed by atoms with van der Waals surface area (Å²) in [6.07, 6.45) is 0.320. The van der Waals surface area contributed by atoms with Gasteiger partial charge in [0.15, 0.2) is 6.61 Å². The second-order valence-corrected chi connectivity index (χ2v) is 9.35. The minimum absolute atomic E-state index is 0.00927. The lowest BCUT2D eigenvalue weighted by Gasteiger charge is -2.30. The number of nitrogens with zero attached hydrogens (tertiary/aromatic N) is 3. The summed E-state index contributed by atoms with van der Waals surface area (Å²) in [6.45, 7) is 1.13. The molecule has 14 heteroatoms. The van der Waals surface area contributed by atoms with Crippen molar-refractivity contribution in [1.29, 1.82) is 0 Å². The van der Waals surface area contributed by atoms with Crippen LogP contribution in [0, 0.1) is 23.0 Å². The van der Waals surface area contributed by atoms with E-state index in [2.05, 4.69) is 10.5 Å². The normalized spacial score (nSPS) is 15.3. The number of aromatic nitrogens is 1. The highest BCUT2D eigenvalue weighted by Crippen LogP contribution is 2.31. The van der Waals surface area contributed by atoms with E-state index in [9.17, 15) is 28.1 Å². The second kappa shape index (κ2) is 9.63. The SMILES string of the molecule is Cc1cc(NC(=O)COC(=O)C2CCN(S(=O)(=O)c3cc([N+](=O)[O-])ccc3Cl)CC2)on1. The van der Waals surface area contributed by atoms with Crippen LogP contribution < -0.4 is 5.32 Å². The topological polar surface area (TPSA) is 162 Å². The smallest absolute Gasteiger partial charge is 0.309 e. The number of aryl methyl sites for hydroxylation is 1. The third-order valence-corrected chi connectivity index (χ3v) is 7.15. The van der Waals surface area contributed by atoms with Gasteiger partial charge in [0.1, 0.15) is 4.90 Å². The molecule has 1 aliphatic rings. The highest BCUT2D eigenvalue weighted by Gasteiger charge is 2.34. The van der Waals surface area contributed by atoms with Crippen molar-refractivity contribution in [3.8, 4) is 0 Å². The van der Waals surface area contributed by atoms with E-state index in [1.807, 2.05) is 0 Å². The number of non-ortho nitro benzene ring substituents is 1. The zero-order valence-electron chi connectivity index (χ0n) is 16.8. The fourth-order valence-corrected chi connectivity index (χ4v) is 5.09. The summed E-state index contributed by atoms with van der Waals surface area (Å²) in [7, 11) is -4.09. The molecule has 2 heterocycles. The molecule has 1 N–H and O–H groups in total. The van der Waals surface area contributed by atoms with Gasteiger partial charge in [-0.2, -0.15) is 4.31 Å². The van der Waals surface area contributed by atoms with E-state index >= 15 is 0 Å². The fraction of sp³-hybridized carbons (Fsp3) is 0.389. The zero-order valence-corrected chi connectivity index (χ0v) is 18.4. The summed E-state index contributed by atoms with van der Waals surface area (Å²) in [5, 5.41) is 16.8. The number of carbonyl (C=O) groups excluding carboxylic acids is 2. The maximum absolute atomic E-state index is 12.9. The van der Waals surface area contributed by atoms with Gasteiger partial charge in [-0.05, 0) is 25.8 Å². The number of sulfonamides is 1. The number of halogens is 1. The molecule has 1 amide bonds. The Hall–Kier alpha value is -3.03. The van der Waals surface area contributed by atoms with Crippen LogP contribution in [-0.2, 0) is 24.3 Å². The quantitative estimate of drug-likeness (QED) is 0.351. The number of benzene rings is 1. The first kappa shape index (κ1) is 23.6. The molecule has 1 aliphatic heterocycles. The second-order valence-electron chi connectivity index (χ2n) is 7.04. The Labute approximate surface area is 187 Å². The summed E-state index contributed by atoms with van der Waals surface area (Å²) >= 11 is 5.96. The summed E-state index contributed by atoms with van der Waals surface area (Å²) in [6, 6.07) is 4.68. The van der Waals surface area contributed by atoms with Crippen LogP contribution in [0.4, 0.5) is 11.6 Å². The van der Waals surface area contributed by atoms with E-state index in [1.165, 1.54) is 6.07 Å². The number of anilines is 1. The van der Waals surface area contributed by atoms with Gasteiger partial charge in [0.2, 0.25) is 15.9 Å². The lowest BCUT2D eigenvalue weighted by Crippen LogP contribution is -2.41. The maximum atomic E-state index is 12.9. The van der Waals surface area contributed by atoms with Crippen molar-refractivity contribution in [2.75, 3.05) is 25.0 Å². The molecule has 0 bridgehead atoms. The van der Waals surface area contributed by atoms with E-state index in [4.69, 9.17) is 20.9 Å². The van der Waals surface area contributed by atoms with Crippen molar-refractivity contribution in [2.24, 2.45) is 5.92 Å². The highest BCUT2D eigenvalue weighted by atomic mass is 35.5. The molecule has 12 nitrogen and oxygen atoms in total. The lowest BCUT2D eigenvalue weighted by molar-refractivity contribution is -0.385. The molecule has 1 saturated heterocycles. The molecule has 1 aromatic heterocycles. The number of esters is 1. The monoisotopic (exact) mass is 486 g/mol. The van der Waals surface area contributed by atoms with E-state index in [1.54, 1.807) is 6.92 Å². The molecule has 0 spiro atoms. The predicted octanol–water partition coefficient (Wildman–Crippen LogP) is 2.13. The number of piperidine rings is 1. The first-order valence-electron chi connectivity index (χ1n) is 9.42. The molecule has 172 valence electrons. The van der Waals surface area contributed by atoms with Crippen LogP contribution in [-0.4, -0.2) is 54.4 Å². The number of hydrogen-bond acceptors (Lipinski definition) is 9. The van der Waals surface area contributed by atoms with Crippen molar-refractivity contribution in [1.82, 2.24) is 9.46 Å². The van der Waals surface area contributed by atoms with Gasteiger partial charge in [-0.3, -0.25) is 25.0 Å². The van der Waals surface area contributed by atoms with Gasteiger partial charge in [0.25, 0.3) is 11.6 Å². The van der Waals surface area contributed by atoms with Gasteiger partial charge in [-0.1, -0.05) is 16.8 Å². The minimum Gasteiger partial charge on any atom is -0.455 e. The summed E-state index contributed by atoms with van der Waals surface area (Å²) in [5.74, 6) is -1.70. The summed E-state index contributed by atoms with van der Waals surface area (Å²) in [5.41, 5.74) is 0.176. The van der Waals surface area contributed by atoms with Crippen LogP contribution in [0.25, 0.3) is 0 Å². The highest BCUT2D eigenvalue weighted by molar-refractivity contribution is 7.89. The van der Waals surface area contributed by atoms with Gasteiger partial charge in [-0.25, -0.2) is 8.42 Å². The first-order chi connectivity index (χ1) is 15.1.